The lowest BCUT2D eigenvalue weighted by Crippen LogP contribution is -2.49. The largest absolute Gasteiger partial charge is 0.467 e. The summed E-state index contributed by atoms with van der Waals surface area (Å²) in [6, 6.07) is 17.7. The van der Waals surface area contributed by atoms with E-state index in [1.165, 1.54) is 5.56 Å². The zero-order valence-electron chi connectivity index (χ0n) is 19.5. The molecule has 0 spiro atoms. The van der Waals surface area contributed by atoms with Crippen molar-refractivity contribution in [3.8, 4) is 0 Å². The average molecular weight is 459 g/mol. The smallest absolute Gasteiger partial charge is 0.257 e. The number of nitrogens with zero attached hydrogens (tertiary/aromatic N) is 4. The molecular weight excluding hydrogens is 428 g/mol. The summed E-state index contributed by atoms with van der Waals surface area (Å²) >= 11 is 0. The number of piperazine rings is 1. The second-order valence-corrected chi connectivity index (χ2v) is 8.82. The number of carbonyl (C=O) groups is 1. The van der Waals surface area contributed by atoms with Crippen molar-refractivity contribution in [2.24, 2.45) is 5.10 Å². The van der Waals surface area contributed by atoms with Crippen LogP contribution in [0.5, 0.6) is 0 Å². The summed E-state index contributed by atoms with van der Waals surface area (Å²) < 4.78 is 11.4. The van der Waals surface area contributed by atoms with Gasteiger partial charge >= 0.3 is 0 Å². The Hall–Kier alpha value is -3.42. The normalized spacial score (nSPS) is 19.7. The lowest BCUT2D eigenvalue weighted by molar-refractivity contribution is -0.135. The Kier molecular flexibility index (Phi) is 6.74. The van der Waals surface area contributed by atoms with E-state index in [-0.39, 0.29) is 11.9 Å². The van der Waals surface area contributed by atoms with Gasteiger partial charge in [0.25, 0.3) is 5.91 Å². The minimum absolute atomic E-state index is 0.0166. The Bertz CT molecular complexity index is 1140. The maximum absolute atomic E-state index is 13.3. The molecule has 1 fully saturated rings. The predicted molar refractivity (Wildman–Crippen MR) is 131 cm³/mol. The molecule has 2 aliphatic rings. The minimum atomic E-state index is -0.243. The van der Waals surface area contributed by atoms with Crippen molar-refractivity contribution in [1.82, 2.24) is 14.8 Å². The van der Waals surface area contributed by atoms with Crippen LogP contribution in [-0.2, 0) is 4.79 Å². The molecule has 7 nitrogen and oxygen atoms in total. The molecule has 1 atom stereocenters. The number of carbonyl (C=O) groups excluding carboxylic acids is 1. The van der Waals surface area contributed by atoms with E-state index in [2.05, 4.69) is 51.3 Å². The van der Waals surface area contributed by atoms with Crippen molar-refractivity contribution in [2.75, 3.05) is 39.3 Å². The van der Waals surface area contributed by atoms with Crippen molar-refractivity contribution < 1.29 is 13.6 Å². The number of hydrogen-bond acceptors (Lipinski definition) is 6. The molecule has 0 N–H and O–H groups in total. The van der Waals surface area contributed by atoms with Gasteiger partial charge in [-0.3, -0.25) is 14.6 Å². The highest BCUT2D eigenvalue weighted by atomic mass is 16.3. The molecule has 2 aliphatic heterocycles. The van der Waals surface area contributed by atoms with Gasteiger partial charge in [0, 0.05) is 39.1 Å². The fourth-order valence-corrected chi connectivity index (χ4v) is 4.48. The average Bonchev–Trinajstić information content (AvgIpc) is 3.61. The molecule has 34 heavy (non-hydrogen) atoms. The Morgan fingerprint density at radius 1 is 1.03 bits per heavy atom. The minimum Gasteiger partial charge on any atom is -0.467 e. The molecule has 5 rings (SSSR count). The number of hydrogen-bond donors (Lipinski definition) is 0. The van der Waals surface area contributed by atoms with Crippen LogP contribution in [-0.4, -0.2) is 65.7 Å². The summed E-state index contributed by atoms with van der Waals surface area (Å²) in [6.45, 7) is 6.76. The maximum atomic E-state index is 13.3. The third-order valence-electron chi connectivity index (χ3n) is 6.36. The Morgan fingerprint density at radius 3 is 2.53 bits per heavy atom. The van der Waals surface area contributed by atoms with Gasteiger partial charge in [-0.25, -0.2) is 5.01 Å². The topological polar surface area (TPSA) is 65.4 Å². The molecule has 0 aliphatic carbocycles. The summed E-state index contributed by atoms with van der Waals surface area (Å²) in [7, 11) is 0. The lowest BCUT2D eigenvalue weighted by Gasteiger charge is -2.34. The first kappa shape index (κ1) is 22.4. The van der Waals surface area contributed by atoms with E-state index in [4.69, 9.17) is 8.83 Å². The van der Waals surface area contributed by atoms with Gasteiger partial charge in [0.05, 0.1) is 12.8 Å². The summed E-state index contributed by atoms with van der Waals surface area (Å²) in [5, 5.41) is 6.24. The number of benzene rings is 1. The van der Waals surface area contributed by atoms with Gasteiger partial charge < -0.3 is 8.83 Å². The zero-order chi connectivity index (χ0) is 23.3. The first-order chi connectivity index (χ1) is 16.7. The van der Waals surface area contributed by atoms with Crippen LogP contribution in [0.3, 0.4) is 0 Å². The van der Waals surface area contributed by atoms with Gasteiger partial charge in [-0.05, 0) is 36.8 Å². The molecule has 1 unspecified atom stereocenters. The number of rotatable bonds is 7. The van der Waals surface area contributed by atoms with Crippen LogP contribution in [0.1, 0.15) is 35.3 Å². The number of amides is 1. The van der Waals surface area contributed by atoms with E-state index in [1.807, 2.05) is 37.3 Å². The molecular formula is C27H30N4O3. The van der Waals surface area contributed by atoms with Crippen molar-refractivity contribution in [1.29, 1.82) is 0 Å². The quantitative estimate of drug-likeness (QED) is 0.531. The van der Waals surface area contributed by atoms with Crippen LogP contribution in [0.2, 0.25) is 0 Å². The van der Waals surface area contributed by atoms with Gasteiger partial charge in [0.1, 0.15) is 29.0 Å². The van der Waals surface area contributed by atoms with Crippen LogP contribution in [0, 0.1) is 6.92 Å². The zero-order valence-corrected chi connectivity index (χ0v) is 19.5. The highest BCUT2D eigenvalue weighted by Gasteiger charge is 2.36. The Balaban J connectivity index is 1.17. The van der Waals surface area contributed by atoms with Crippen LogP contribution in [0.25, 0.3) is 6.08 Å². The van der Waals surface area contributed by atoms with Crippen molar-refractivity contribution in [3.05, 3.63) is 89.8 Å². The van der Waals surface area contributed by atoms with Gasteiger partial charge in [-0.2, -0.15) is 5.10 Å². The summed E-state index contributed by atoms with van der Waals surface area (Å²) in [5.41, 5.74) is 1.99. The summed E-state index contributed by atoms with van der Waals surface area (Å²) in [5.74, 6) is 2.26. The monoisotopic (exact) mass is 458 g/mol. The van der Waals surface area contributed by atoms with E-state index in [0.717, 1.165) is 50.0 Å². The fraction of sp³-hybridized carbons (Fsp3) is 0.333. The van der Waals surface area contributed by atoms with Gasteiger partial charge in [0.2, 0.25) is 0 Å². The van der Waals surface area contributed by atoms with Crippen LogP contribution < -0.4 is 0 Å². The maximum Gasteiger partial charge on any atom is 0.257 e. The van der Waals surface area contributed by atoms with E-state index < -0.39 is 0 Å². The third kappa shape index (κ3) is 5.21. The molecule has 1 amide bonds. The Labute approximate surface area is 199 Å². The van der Waals surface area contributed by atoms with Gasteiger partial charge in [0.15, 0.2) is 0 Å². The summed E-state index contributed by atoms with van der Waals surface area (Å²) in [6.07, 6.45) is 6.58. The number of hydrazone groups is 1. The van der Waals surface area contributed by atoms with E-state index in [9.17, 15) is 4.79 Å². The van der Waals surface area contributed by atoms with Crippen LogP contribution >= 0.6 is 0 Å². The van der Waals surface area contributed by atoms with E-state index in [0.29, 0.717) is 18.7 Å². The second kappa shape index (κ2) is 10.2. The van der Waals surface area contributed by atoms with Gasteiger partial charge in [-0.15, -0.1) is 0 Å². The SMILES string of the molecule is Cc1ccc(C2=NN(C(=O)CN3CCN(C/C=C/c4ccccc4)CC3)C(c3ccco3)C2)o1. The van der Waals surface area contributed by atoms with E-state index >= 15 is 0 Å². The predicted octanol–water partition coefficient (Wildman–Crippen LogP) is 4.19. The van der Waals surface area contributed by atoms with Crippen molar-refractivity contribution in [3.63, 3.8) is 0 Å². The van der Waals surface area contributed by atoms with Crippen LogP contribution in [0.4, 0.5) is 0 Å². The highest BCUT2D eigenvalue weighted by molar-refractivity contribution is 6.01. The molecule has 4 heterocycles. The van der Waals surface area contributed by atoms with Crippen LogP contribution in [0.15, 0.2) is 80.9 Å². The molecule has 0 bridgehead atoms. The second-order valence-electron chi connectivity index (χ2n) is 8.82. The molecule has 2 aromatic heterocycles. The molecule has 3 aromatic rings. The standard InChI is InChI=1S/C27H30N4O3/c1-21-11-12-25(34-21)23-19-24(26-10-6-18-33-26)31(28-23)27(32)20-30-16-14-29(15-17-30)13-5-9-22-7-3-2-4-8-22/h2-12,18,24H,13-17,19-20H2,1H3/b9-5+. The molecule has 7 heteroatoms. The first-order valence-electron chi connectivity index (χ1n) is 11.8. The van der Waals surface area contributed by atoms with Crippen molar-refractivity contribution >= 4 is 17.7 Å². The molecule has 0 radical (unpaired) electrons. The number of furan rings is 2. The molecule has 1 saturated heterocycles. The fourth-order valence-electron chi connectivity index (χ4n) is 4.48. The molecule has 176 valence electrons. The molecule has 1 aromatic carbocycles. The lowest BCUT2D eigenvalue weighted by atomic mass is 10.1. The first-order valence-corrected chi connectivity index (χ1v) is 11.8. The van der Waals surface area contributed by atoms with Gasteiger partial charge in [-0.1, -0.05) is 42.5 Å². The van der Waals surface area contributed by atoms with Crippen molar-refractivity contribution in [2.45, 2.75) is 19.4 Å². The highest BCUT2D eigenvalue weighted by Crippen LogP contribution is 2.33. The third-order valence-corrected chi connectivity index (χ3v) is 6.36. The summed E-state index contributed by atoms with van der Waals surface area (Å²) in [4.78, 5) is 17.9. The molecule has 0 saturated carbocycles. The van der Waals surface area contributed by atoms with E-state index in [1.54, 1.807) is 11.3 Å². The number of aryl methyl sites for hydroxylation is 1. The Morgan fingerprint density at radius 2 is 1.82 bits per heavy atom.